The molecule has 39 heavy (non-hydrogen) atoms. The topological polar surface area (TPSA) is 115 Å². The number of thioether (sulfide) groups is 1. The Balaban J connectivity index is 1.36. The van der Waals surface area contributed by atoms with Crippen molar-refractivity contribution in [2.75, 3.05) is 25.1 Å². The fourth-order valence-electron chi connectivity index (χ4n) is 3.66. The Bertz CT molecular complexity index is 1380. The van der Waals surface area contributed by atoms with E-state index in [9.17, 15) is 19.2 Å². The summed E-state index contributed by atoms with van der Waals surface area (Å²) in [6, 6.07) is 17.0. The molecule has 1 aliphatic heterocycles. The summed E-state index contributed by atoms with van der Waals surface area (Å²) in [5.74, 6) is 0.126. The molecule has 3 aromatic rings. The third-order valence-corrected chi connectivity index (χ3v) is 6.57. The first-order chi connectivity index (χ1) is 18.9. The number of nitrogens with one attached hydrogen (secondary N) is 1. The van der Waals surface area contributed by atoms with Gasteiger partial charge in [0, 0.05) is 17.3 Å². The summed E-state index contributed by atoms with van der Waals surface area (Å²) in [5.41, 5.74) is 1.70. The van der Waals surface area contributed by atoms with Gasteiger partial charge in [0.1, 0.15) is 23.8 Å². The molecule has 2 heterocycles. The Labute approximate surface area is 230 Å². The van der Waals surface area contributed by atoms with E-state index in [2.05, 4.69) is 5.32 Å². The van der Waals surface area contributed by atoms with Crippen molar-refractivity contribution in [1.82, 2.24) is 4.90 Å². The quantitative estimate of drug-likeness (QED) is 0.177. The van der Waals surface area contributed by atoms with Gasteiger partial charge in [-0.1, -0.05) is 25.5 Å². The van der Waals surface area contributed by atoms with E-state index in [1.54, 1.807) is 60.7 Å². The number of carbonyl (C=O) groups is 4. The monoisotopic (exact) mass is 548 g/mol. The number of ether oxygens (including phenoxy) is 2. The zero-order valence-electron chi connectivity index (χ0n) is 21.6. The number of benzene rings is 2. The number of unbranched alkanes of at least 4 members (excludes halogenated alkanes) is 1. The summed E-state index contributed by atoms with van der Waals surface area (Å²) in [5, 5.41) is 2.13. The van der Waals surface area contributed by atoms with Gasteiger partial charge in [-0.2, -0.15) is 0 Å². The van der Waals surface area contributed by atoms with Crippen molar-refractivity contribution in [1.29, 1.82) is 0 Å². The van der Waals surface area contributed by atoms with Gasteiger partial charge in [0.15, 0.2) is 0 Å². The van der Waals surface area contributed by atoms with E-state index in [1.807, 2.05) is 13.8 Å². The normalized spacial score (nSPS) is 14.1. The molecule has 0 unspecified atom stereocenters. The number of carbonyl (C=O) groups excluding carboxylic acids is 4. The van der Waals surface area contributed by atoms with Gasteiger partial charge in [-0.15, -0.1) is 0 Å². The van der Waals surface area contributed by atoms with Crippen LogP contribution in [-0.2, 0) is 14.3 Å². The second kappa shape index (κ2) is 13.0. The molecule has 1 fully saturated rings. The van der Waals surface area contributed by atoms with Crippen LogP contribution >= 0.6 is 11.8 Å². The zero-order valence-corrected chi connectivity index (χ0v) is 22.4. The van der Waals surface area contributed by atoms with Crippen LogP contribution in [0.3, 0.4) is 0 Å². The highest BCUT2D eigenvalue weighted by molar-refractivity contribution is 8.18. The van der Waals surface area contributed by atoms with Crippen LogP contribution in [0.5, 0.6) is 5.75 Å². The maximum Gasteiger partial charge on any atom is 0.338 e. The highest BCUT2D eigenvalue weighted by Gasteiger charge is 2.36. The van der Waals surface area contributed by atoms with E-state index >= 15 is 0 Å². The lowest BCUT2D eigenvalue weighted by Crippen LogP contribution is -2.36. The average molecular weight is 549 g/mol. The Morgan fingerprint density at radius 3 is 2.44 bits per heavy atom. The van der Waals surface area contributed by atoms with Gasteiger partial charge in [0.05, 0.1) is 23.7 Å². The second-order valence-corrected chi connectivity index (χ2v) is 9.54. The molecule has 202 valence electrons. The van der Waals surface area contributed by atoms with Crippen molar-refractivity contribution in [3.63, 3.8) is 0 Å². The van der Waals surface area contributed by atoms with Gasteiger partial charge in [-0.25, -0.2) is 4.79 Å². The first-order valence-electron chi connectivity index (χ1n) is 12.5. The fraction of sp³-hybridized carbons (Fsp3) is 0.241. The largest absolute Gasteiger partial charge is 0.494 e. The van der Waals surface area contributed by atoms with E-state index in [0.29, 0.717) is 41.7 Å². The molecule has 1 N–H and O–H groups in total. The molecule has 0 atom stereocenters. The first-order valence-corrected chi connectivity index (χ1v) is 13.3. The van der Waals surface area contributed by atoms with Crippen molar-refractivity contribution in [3.05, 3.63) is 76.9 Å². The molecular weight excluding hydrogens is 520 g/mol. The smallest absolute Gasteiger partial charge is 0.338 e. The lowest BCUT2D eigenvalue weighted by Gasteiger charge is -2.12. The first kappa shape index (κ1) is 27.7. The summed E-state index contributed by atoms with van der Waals surface area (Å²) in [4.78, 5) is 50.9. The Morgan fingerprint density at radius 2 is 1.74 bits per heavy atom. The highest BCUT2D eigenvalue weighted by Crippen LogP contribution is 2.33. The summed E-state index contributed by atoms with van der Waals surface area (Å²) < 4.78 is 16.4. The van der Waals surface area contributed by atoms with Crippen molar-refractivity contribution < 1.29 is 33.1 Å². The number of esters is 1. The summed E-state index contributed by atoms with van der Waals surface area (Å²) in [6.07, 6.45) is 3.23. The number of hydrogen-bond donors (Lipinski definition) is 1. The number of amides is 3. The van der Waals surface area contributed by atoms with E-state index in [1.165, 1.54) is 6.08 Å². The maximum absolute atomic E-state index is 12.8. The molecule has 1 saturated heterocycles. The van der Waals surface area contributed by atoms with E-state index < -0.39 is 23.6 Å². The number of furan rings is 1. The molecular formula is C29H28N2O7S. The minimum Gasteiger partial charge on any atom is -0.494 e. The number of imide groups is 1. The summed E-state index contributed by atoms with van der Waals surface area (Å²) in [7, 11) is 0. The van der Waals surface area contributed by atoms with Gasteiger partial charge in [-0.05, 0) is 73.6 Å². The molecule has 0 saturated carbocycles. The molecule has 1 aromatic heterocycles. The fourth-order valence-corrected chi connectivity index (χ4v) is 4.48. The van der Waals surface area contributed by atoms with Gasteiger partial charge in [-0.3, -0.25) is 19.3 Å². The van der Waals surface area contributed by atoms with Crippen LogP contribution in [0.2, 0.25) is 0 Å². The lowest BCUT2D eigenvalue weighted by molar-refractivity contribution is -0.127. The van der Waals surface area contributed by atoms with Crippen molar-refractivity contribution in [3.8, 4) is 17.1 Å². The SMILES string of the molecule is CCCCOC(=O)c1ccc(-c2ccc(/C=C3/SC(=O)N(CC(=O)Nc4ccc(OCC)cc4)C3=O)o2)cc1. The molecule has 1 aliphatic rings. The van der Waals surface area contributed by atoms with E-state index in [0.717, 1.165) is 35.1 Å². The van der Waals surface area contributed by atoms with Gasteiger partial charge in [0.2, 0.25) is 5.91 Å². The molecule has 0 radical (unpaired) electrons. The van der Waals surface area contributed by atoms with Crippen molar-refractivity contribution >= 4 is 46.5 Å². The number of anilines is 1. The molecule has 2 aromatic carbocycles. The van der Waals surface area contributed by atoms with Crippen LogP contribution in [-0.4, -0.2) is 47.7 Å². The predicted octanol–water partition coefficient (Wildman–Crippen LogP) is 5.98. The number of hydrogen-bond acceptors (Lipinski definition) is 8. The molecule has 9 nitrogen and oxygen atoms in total. The Morgan fingerprint density at radius 1 is 1.00 bits per heavy atom. The van der Waals surface area contributed by atoms with Crippen molar-refractivity contribution in [2.24, 2.45) is 0 Å². The summed E-state index contributed by atoms with van der Waals surface area (Å²) in [6.45, 7) is 4.40. The number of rotatable bonds is 11. The highest BCUT2D eigenvalue weighted by atomic mass is 32.2. The van der Waals surface area contributed by atoms with Gasteiger partial charge in [0.25, 0.3) is 11.1 Å². The third-order valence-electron chi connectivity index (χ3n) is 5.66. The molecule has 0 spiro atoms. The van der Waals surface area contributed by atoms with Gasteiger partial charge < -0.3 is 19.2 Å². The van der Waals surface area contributed by atoms with Crippen LogP contribution in [0.1, 0.15) is 42.8 Å². The maximum atomic E-state index is 12.8. The van der Waals surface area contributed by atoms with E-state index in [-0.39, 0.29) is 10.9 Å². The lowest BCUT2D eigenvalue weighted by atomic mass is 10.1. The van der Waals surface area contributed by atoms with Gasteiger partial charge >= 0.3 is 5.97 Å². The predicted molar refractivity (Wildman–Crippen MR) is 148 cm³/mol. The van der Waals surface area contributed by atoms with Crippen LogP contribution < -0.4 is 10.1 Å². The molecule has 0 aliphatic carbocycles. The molecule has 3 amide bonds. The van der Waals surface area contributed by atoms with Crippen LogP contribution in [0.25, 0.3) is 17.4 Å². The van der Waals surface area contributed by atoms with Crippen LogP contribution in [0.4, 0.5) is 10.5 Å². The molecule has 0 bridgehead atoms. The minimum absolute atomic E-state index is 0.153. The minimum atomic E-state index is -0.573. The van der Waals surface area contributed by atoms with Crippen molar-refractivity contribution in [2.45, 2.75) is 26.7 Å². The standard InChI is InChI=1S/C29H28N2O7S/c1-3-5-16-37-28(34)20-8-6-19(7-9-20)24-15-14-23(38-24)17-25-27(33)31(29(35)39-25)18-26(32)30-21-10-12-22(13-11-21)36-4-2/h6-15,17H,3-5,16,18H2,1-2H3,(H,30,32)/b25-17+. The average Bonchev–Trinajstić information content (AvgIpc) is 3.50. The Kier molecular flexibility index (Phi) is 9.22. The Hall–Kier alpha value is -4.31. The zero-order chi connectivity index (χ0) is 27.8. The third kappa shape index (κ3) is 7.17. The molecule has 10 heteroatoms. The molecule has 4 rings (SSSR count). The second-order valence-electron chi connectivity index (χ2n) is 8.54. The number of nitrogens with zero attached hydrogens (tertiary/aromatic N) is 1. The summed E-state index contributed by atoms with van der Waals surface area (Å²) >= 11 is 0.741. The van der Waals surface area contributed by atoms with E-state index in [4.69, 9.17) is 13.9 Å². The van der Waals surface area contributed by atoms with Crippen LogP contribution in [0.15, 0.2) is 70.0 Å². The van der Waals surface area contributed by atoms with Crippen LogP contribution in [0, 0.1) is 0 Å².